The third-order valence-electron chi connectivity index (χ3n) is 4.89. The fourth-order valence-corrected chi connectivity index (χ4v) is 3.18. The van der Waals surface area contributed by atoms with Crippen molar-refractivity contribution in [2.75, 3.05) is 46.4 Å². The number of aromatic nitrogens is 1. The Bertz CT molecular complexity index is 743. The van der Waals surface area contributed by atoms with E-state index in [1.54, 1.807) is 0 Å². The summed E-state index contributed by atoms with van der Waals surface area (Å²) in [5.74, 6) is 3.04. The van der Waals surface area contributed by atoms with E-state index in [0.29, 0.717) is 19.1 Å². The lowest BCUT2D eigenvalue weighted by atomic mass is 10.1. The zero-order valence-electron chi connectivity index (χ0n) is 17.5. The molecule has 0 bridgehead atoms. The van der Waals surface area contributed by atoms with Crippen LogP contribution in [-0.4, -0.2) is 67.3 Å². The molecule has 0 radical (unpaired) electrons. The number of halogens is 1. The number of hydrogen-bond acceptors (Lipinski definition) is 5. The second-order valence-electron chi connectivity index (χ2n) is 7.26. The summed E-state index contributed by atoms with van der Waals surface area (Å²) in [6.07, 6.45) is 0. The molecule has 0 amide bonds. The molecule has 29 heavy (non-hydrogen) atoms. The number of para-hydroxylation sites is 1. The maximum Gasteiger partial charge on any atom is 0.194 e. The van der Waals surface area contributed by atoms with Gasteiger partial charge in [0.25, 0.3) is 0 Å². The molecule has 7 nitrogen and oxygen atoms in total. The van der Waals surface area contributed by atoms with Gasteiger partial charge in [-0.1, -0.05) is 37.2 Å². The number of rotatable bonds is 7. The molecule has 0 unspecified atom stereocenters. The topological polar surface area (TPSA) is 66.1 Å². The Labute approximate surface area is 190 Å². The molecule has 1 aliphatic heterocycles. The summed E-state index contributed by atoms with van der Waals surface area (Å²) in [7, 11) is 1.82. The normalized spacial score (nSPS) is 15.3. The third kappa shape index (κ3) is 7.18. The molecular formula is C21H32IN5O2. The summed E-state index contributed by atoms with van der Waals surface area (Å²) in [5, 5.41) is 7.49. The van der Waals surface area contributed by atoms with E-state index < -0.39 is 0 Å². The number of benzene rings is 1. The predicted molar refractivity (Wildman–Crippen MR) is 126 cm³/mol. The van der Waals surface area contributed by atoms with Crippen LogP contribution in [0.3, 0.4) is 0 Å². The lowest BCUT2D eigenvalue weighted by molar-refractivity contribution is 0.152. The highest BCUT2D eigenvalue weighted by atomic mass is 127. The van der Waals surface area contributed by atoms with Crippen molar-refractivity contribution in [3.63, 3.8) is 0 Å². The first-order valence-corrected chi connectivity index (χ1v) is 9.97. The first-order chi connectivity index (χ1) is 13.7. The van der Waals surface area contributed by atoms with E-state index >= 15 is 0 Å². The van der Waals surface area contributed by atoms with Crippen molar-refractivity contribution in [3.05, 3.63) is 47.9 Å². The molecule has 1 aromatic heterocycles. The minimum Gasteiger partial charge on any atom is -0.492 e. The van der Waals surface area contributed by atoms with Crippen LogP contribution < -0.4 is 10.1 Å². The highest BCUT2D eigenvalue weighted by Gasteiger charge is 2.19. The van der Waals surface area contributed by atoms with Gasteiger partial charge < -0.3 is 19.5 Å². The first-order valence-electron chi connectivity index (χ1n) is 9.97. The van der Waals surface area contributed by atoms with Gasteiger partial charge in [0.2, 0.25) is 0 Å². The Morgan fingerprint density at radius 3 is 2.55 bits per heavy atom. The minimum absolute atomic E-state index is 0. The predicted octanol–water partition coefficient (Wildman–Crippen LogP) is 3.19. The van der Waals surface area contributed by atoms with Crippen LogP contribution in [0.25, 0.3) is 0 Å². The molecule has 1 saturated heterocycles. The summed E-state index contributed by atoms with van der Waals surface area (Å²) in [5.41, 5.74) is 0.984. The van der Waals surface area contributed by atoms with Gasteiger partial charge in [-0.25, -0.2) is 0 Å². The number of nitrogens with one attached hydrogen (secondary N) is 1. The van der Waals surface area contributed by atoms with E-state index in [4.69, 9.17) is 9.26 Å². The molecule has 160 valence electrons. The van der Waals surface area contributed by atoms with Gasteiger partial charge in [-0.2, -0.15) is 0 Å². The summed E-state index contributed by atoms with van der Waals surface area (Å²) in [4.78, 5) is 9.14. The molecule has 1 fully saturated rings. The van der Waals surface area contributed by atoms with E-state index in [1.165, 1.54) is 0 Å². The maximum absolute atomic E-state index is 5.80. The van der Waals surface area contributed by atoms with Crippen molar-refractivity contribution < 1.29 is 9.26 Å². The van der Waals surface area contributed by atoms with Crippen LogP contribution in [0.2, 0.25) is 0 Å². The van der Waals surface area contributed by atoms with Crippen LogP contribution in [-0.2, 0) is 6.54 Å². The fourth-order valence-electron chi connectivity index (χ4n) is 3.18. The third-order valence-corrected chi connectivity index (χ3v) is 4.89. The Balaban J connectivity index is 0.00000300. The Morgan fingerprint density at radius 2 is 1.93 bits per heavy atom. The highest BCUT2D eigenvalue weighted by Crippen LogP contribution is 2.14. The number of guanidine groups is 1. The lowest BCUT2D eigenvalue weighted by Gasteiger charge is -2.36. The van der Waals surface area contributed by atoms with Gasteiger partial charge in [-0.3, -0.25) is 9.89 Å². The highest BCUT2D eigenvalue weighted by molar-refractivity contribution is 14.0. The molecular weight excluding hydrogens is 481 g/mol. The van der Waals surface area contributed by atoms with E-state index in [9.17, 15) is 0 Å². The largest absolute Gasteiger partial charge is 0.492 e. The van der Waals surface area contributed by atoms with Crippen molar-refractivity contribution in [2.45, 2.75) is 26.3 Å². The van der Waals surface area contributed by atoms with Crippen LogP contribution in [0.5, 0.6) is 5.75 Å². The van der Waals surface area contributed by atoms with Crippen LogP contribution in [0, 0.1) is 0 Å². The van der Waals surface area contributed by atoms with E-state index in [1.807, 2.05) is 43.4 Å². The molecule has 1 N–H and O–H groups in total. The van der Waals surface area contributed by atoms with Crippen molar-refractivity contribution >= 4 is 29.9 Å². The molecule has 0 spiro atoms. The number of piperazine rings is 1. The number of hydrogen-bond donors (Lipinski definition) is 1. The van der Waals surface area contributed by atoms with Gasteiger partial charge in [0.15, 0.2) is 11.7 Å². The van der Waals surface area contributed by atoms with Crippen molar-refractivity contribution in [1.29, 1.82) is 0 Å². The van der Waals surface area contributed by atoms with Gasteiger partial charge in [0.1, 0.15) is 12.4 Å². The zero-order chi connectivity index (χ0) is 19.8. The molecule has 0 aliphatic carbocycles. The average Bonchev–Trinajstić information content (AvgIpc) is 3.20. The number of aliphatic imine (C=N–C) groups is 1. The van der Waals surface area contributed by atoms with E-state index in [-0.39, 0.29) is 24.0 Å². The molecule has 2 heterocycles. The average molecular weight is 513 g/mol. The smallest absolute Gasteiger partial charge is 0.194 e. The van der Waals surface area contributed by atoms with E-state index in [2.05, 4.69) is 39.1 Å². The zero-order valence-corrected chi connectivity index (χ0v) is 19.8. The van der Waals surface area contributed by atoms with Gasteiger partial charge in [-0.15, -0.1) is 24.0 Å². The van der Waals surface area contributed by atoms with Gasteiger partial charge in [0.05, 0.1) is 12.2 Å². The van der Waals surface area contributed by atoms with Gasteiger partial charge in [-0.05, 0) is 18.1 Å². The first kappa shape index (κ1) is 23.5. The Morgan fingerprint density at radius 1 is 1.21 bits per heavy atom. The second kappa shape index (κ2) is 12.0. The molecule has 2 aromatic rings. The Hall–Kier alpha value is -1.81. The Kier molecular flexibility index (Phi) is 9.72. The standard InChI is InChI=1S/C21H31N5O2.HI/c1-17(2)20-15-19(28-24-20)16-23-21(22-3)26-11-9-25(10-12-26)13-14-27-18-7-5-4-6-8-18;/h4-8,15,17H,9-14,16H2,1-3H3,(H,22,23);1H. The number of ether oxygens (including phenoxy) is 1. The molecule has 8 heteroatoms. The maximum atomic E-state index is 5.80. The summed E-state index contributed by atoms with van der Waals surface area (Å²) in [6, 6.07) is 12.0. The number of nitrogens with zero attached hydrogens (tertiary/aromatic N) is 4. The summed E-state index contributed by atoms with van der Waals surface area (Å²) < 4.78 is 11.2. The van der Waals surface area contributed by atoms with Crippen LogP contribution in [0.1, 0.15) is 31.2 Å². The van der Waals surface area contributed by atoms with Crippen molar-refractivity contribution in [3.8, 4) is 5.75 Å². The SMILES string of the molecule is CN=C(NCc1cc(C(C)C)no1)N1CCN(CCOc2ccccc2)CC1.I. The van der Waals surface area contributed by atoms with Gasteiger partial charge in [0, 0.05) is 45.8 Å². The molecule has 0 saturated carbocycles. The van der Waals surface area contributed by atoms with Crippen molar-refractivity contribution in [1.82, 2.24) is 20.3 Å². The quantitative estimate of drug-likeness (QED) is 0.349. The summed E-state index contributed by atoms with van der Waals surface area (Å²) in [6.45, 7) is 10.3. The molecule has 3 rings (SSSR count). The van der Waals surface area contributed by atoms with E-state index in [0.717, 1.165) is 55.9 Å². The second-order valence-corrected chi connectivity index (χ2v) is 7.26. The van der Waals surface area contributed by atoms with Crippen LogP contribution in [0.15, 0.2) is 45.9 Å². The minimum atomic E-state index is 0. The lowest BCUT2D eigenvalue weighted by Crippen LogP contribution is -2.52. The summed E-state index contributed by atoms with van der Waals surface area (Å²) >= 11 is 0. The van der Waals surface area contributed by atoms with Crippen LogP contribution in [0.4, 0.5) is 0 Å². The molecule has 0 atom stereocenters. The molecule has 1 aliphatic rings. The monoisotopic (exact) mass is 513 g/mol. The van der Waals surface area contributed by atoms with Crippen LogP contribution >= 0.6 is 24.0 Å². The fraction of sp³-hybridized carbons (Fsp3) is 0.524. The molecule has 1 aromatic carbocycles. The van der Waals surface area contributed by atoms with Gasteiger partial charge >= 0.3 is 0 Å². The van der Waals surface area contributed by atoms with Crippen molar-refractivity contribution in [2.24, 2.45) is 4.99 Å².